The molecule has 46 valence electrons. The lowest BCUT2D eigenvalue weighted by molar-refractivity contribution is -0.360. The molecule has 0 atom stereocenters. The average Bonchev–Trinajstić information content (AvgIpc) is 2.13. The second-order valence-corrected chi connectivity index (χ2v) is 1.58. The molecule has 1 aliphatic heterocycles. The first-order chi connectivity index (χ1) is 4.22. The molecule has 4 nitrogen and oxygen atoms in total. The Labute approximate surface area is 51.3 Å². The number of nitrogens with zero attached hydrogens (tertiary/aromatic N) is 1. The van der Waals surface area contributed by atoms with E-state index in [9.17, 15) is 9.59 Å². The molecule has 0 bridgehead atoms. The minimum Gasteiger partial charge on any atom is -0.329 e. The van der Waals surface area contributed by atoms with Crippen molar-refractivity contribution in [2.45, 2.75) is 6.92 Å². The fourth-order valence-electron chi connectivity index (χ4n) is 0.483. The fraction of sp³-hybridized carbons (Fsp3) is 0.200. The zero-order chi connectivity index (χ0) is 6.85. The molecule has 0 saturated carbocycles. The van der Waals surface area contributed by atoms with Gasteiger partial charge in [0.2, 0.25) is 12.2 Å². The molecule has 4 heteroatoms. The Morgan fingerprint density at radius 1 is 1.78 bits per heavy atom. The van der Waals surface area contributed by atoms with Crippen molar-refractivity contribution in [3.63, 3.8) is 0 Å². The van der Waals surface area contributed by atoms with Crippen LogP contribution in [0.15, 0.2) is 4.99 Å². The summed E-state index contributed by atoms with van der Waals surface area (Å²) in [5.74, 6) is -0.806. The molecule has 1 aliphatic rings. The number of amides is 1. The van der Waals surface area contributed by atoms with E-state index in [1.165, 1.54) is 6.92 Å². The monoisotopic (exact) mass is 124 g/mol. The van der Waals surface area contributed by atoms with Crippen molar-refractivity contribution in [2.24, 2.45) is 4.99 Å². The number of Topliss-reactive ketones (excluding diaryl/α,β-unsaturated/α-hetero) is 1. The highest BCUT2D eigenvalue weighted by Crippen LogP contribution is 1.78. The van der Waals surface area contributed by atoms with Crippen LogP contribution in [0.25, 0.3) is 0 Å². The third-order valence-electron chi connectivity index (χ3n) is 0.886. The number of hydrogen-bond donors (Lipinski definition) is 1. The summed E-state index contributed by atoms with van der Waals surface area (Å²) in [6.07, 6.45) is 2.17. The van der Waals surface area contributed by atoms with Gasteiger partial charge < -0.3 is 14.6 Å². The lowest BCUT2D eigenvalue weighted by Crippen LogP contribution is -2.73. The van der Waals surface area contributed by atoms with Crippen molar-refractivity contribution in [1.29, 1.82) is 0 Å². The van der Waals surface area contributed by atoms with Gasteiger partial charge in [0.25, 0.3) is 0 Å². The van der Waals surface area contributed by atoms with Crippen molar-refractivity contribution >= 4 is 23.7 Å². The number of nitrogens with one attached hydrogen (secondary N) is 1. The Hall–Kier alpha value is -1.32. The molecule has 0 aromatic carbocycles. The Bertz CT molecular complexity index is 227. The predicted molar refractivity (Wildman–Crippen MR) is 29.1 cm³/mol. The maximum Gasteiger partial charge on any atom is 0.248 e. The summed E-state index contributed by atoms with van der Waals surface area (Å²) in [5, 5.41) is 0. The molecule has 0 spiro atoms. The lowest BCUT2D eigenvalue weighted by Gasteiger charge is -1.88. The molecule has 0 aromatic heterocycles. The number of rotatable bonds is 1. The fourth-order valence-corrected chi connectivity index (χ4v) is 0.483. The van der Waals surface area contributed by atoms with Gasteiger partial charge in [-0.3, -0.25) is 0 Å². The van der Waals surface area contributed by atoms with E-state index in [1.807, 2.05) is 0 Å². The van der Waals surface area contributed by atoms with Crippen molar-refractivity contribution < 1.29 is 14.6 Å². The molecular formula is C5H4N2O2. The Morgan fingerprint density at radius 3 is 2.67 bits per heavy atom. The zero-order valence-corrected chi connectivity index (χ0v) is 4.76. The van der Waals surface area contributed by atoms with Gasteiger partial charge in [0.05, 0.1) is 0 Å². The first-order valence-electron chi connectivity index (χ1n) is 2.36. The molecule has 0 saturated heterocycles. The maximum atomic E-state index is 10.5. The van der Waals surface area contributed by atoms with E-state index in [2.05, 4.69) is 16.3 Å². The number of carbonyl (C=O) groups is 2. The molecule has 1 rings (SSSR count). The topological polar surface area (TPSA) is 60.5 Å². The van der Waals surface area contributed by atoms with E-state index in [4.69, 9.17) is 0 Å². The predicted octanol–water partition coefficient (Wildman–Crippen LogP) is -2.46. The maximum absolute atomic E-state index is 10.5. The van der Waals surface area contributed by atoms with Gasteiger partial charge in [-0.25, -0.2) is 0 Å². The van der Waals surface area contributed by atoms with Gasteiger partial charge in [-0.05, 0) is 6.92 Å². The third kappa shape index (κ3) is 0.910. The minimum atomic E-state index is -0.470. The summed E-state index contributed by atoms with van der Waals surface area (Å²) in [5.41, 5.74) is -0.0741. The van der Waals surface area contributed by atoms with Gasteiger partial charge in [-0.2, -0.15) is 4.99 Å². The van der Waals surface area contributed by atoms with Crippen molar-refractivity contribution in [2.75, 3.05) is 0 Å². The highest BCUT2D eigenvalue weighted by atomic mass is 16.2. The van der Waals surface area contributed by atoms with Gasteiger partial charge in [0.1, 0.15) is 11.5 Å². The average molecular weight is 124 g/mol. The molecule has 0 fully saturated rings. The van der Waals surface area contributed by atoms with Crippen LogP contribution in [-0.2, 0) is 9.59 Å². The summed E-state index contributed by atoms with van der Waals surface area (Å²) in [6, 6.07) is 0. The van der Waals surface area contributed by atoms with Crippen LogP contribution in [-0.4, -0.2) is 23.7 Å². The number of aliphatic imine (C=N–C) groups is 1. The second kappa shape index (κ2) is 1.89. The number of ketones is 1. The van der Waals surface area contributed by atoms with E-state index in [0.29, 0.717) is 0 Å². The quantitative estimate of drug-likeness (QED) is 0.394. The van der Waals surface area contributed by atoms with Crippen LogP contribution in [0.2, 0.25) is 0 Å². The highest BCUT2D eigenvalue weighted by Gasteiger charge is 2.14. The van der Waals surface area contributed by atoms with E-state index in [0.717, 1.165) is 0 Å². The van der Waals surface area contributed by atoms with E-state index < -0.39 is 5.91 Å². The normalized spacial score (nSPS) is 16.1. The number of hydrogen-bond acceptors (Lipinski definition) is 3. The molecule has 0 unspecified atom stereocenters. The molecule has 1 amide bonds. The molecule has 0 aliphatic carbocycles. The van der Waals surface area contributed by atoms with Crippen molar-refractivity contribution in [3.05, 3.63) is 0 Å². The number of carbonyl (C=O) groups excluding carboxylic acids is 2. The minimum absolute atomic E-state index is 0.0741. The van der Waals surface area contributed by atoms with E-state index in [-0.39, 0.29) is 11.5 Å². The first-order valence-corrected chi connectivity index (χ1v) is 2.36. The molecule has 0 aromatic rings. The standard InChI is InChI=1S/C5H4N2O2/c1-3(8)4-5(9)7-2-6-4/h7H,1H3. The van der Waals surface area contributed by atoms with Crippen LogP contribution in [0.3, 0.4) is 0 Å². The summed E-state index contributed by atoms with van der Waals surface area (Å²) < 4.78 is 0. The van der Waals surface area contributed by atoms with E-state index >= 15 is 0 Å². The van der Waals surface area contributed by atoms with Gasteiger partial charge in [0.15, 0.2) is 0 Å². The molecule has 0 radical (unpaired) electrons. The van der Waals surface area contributed by atoms with Crippen molar-refractivity contribution in [3.8, 4) is 0 Å². The third-order valence-corrected chi connectivity index (χ3v) is 0.886. The SMILES string of the molecule is CC(=O)C1=N[C-]=[NH+]C1=O. The summed E-state index contributed by atoms with van der Waals surface area (Å²) in [6.45, 7) is 1.28. The Morgan fingerprint density at radius 2 is 2.44 bits per heavy atom. The summed E-state index contributed by atoms with van der Waals surface area (Å²) in [7, 11) is 0. The largest absolute Gasteiger partial charge is 0.329 e. The zero-order valence-electron chi connectivity index (χ0n) is 4.76. The van der Waals surface area contributed by atoms with Crippen LogP contribution >= 0.6 is 0 Å². The van der Waals surface area contributed by atoms with Crippen LogP contribution < -0.4 is 4.99 Å². The van der Waals surface area contributed by atoms with Crippen LogP contribution in [0.5, 0.6) is 0 Å². The van der Waals surface area contributed by atoms with Gasteiger partial charge in [0, 0.05) is 0 Å². The van der Waals surface area contributed by atoms with Gasteiger partial charge in [-0.1, -0.05) is 0 Å². The van der Waals surface area contributed by atoms with Gasteiger partial charge >= 0.3 is 0 Å². The lowest BCUT2D eigenvalue weighted by atomic mass is 10.3. The summed E-state index contributed by atoms with van der Waals surface area (Å²) >= 11 is 0. The molecule has 9 heavy (non-hydrogen) atoms. The second-order valence-electron chi connectivity index (χ2n) is 1.58. The van der Waals surface area contributed by atoms with E-state index in [1.54, 1.807) is 0 Å². The molecule has 1 heterocycles. The van der Waals surface area contributed by atoms with Gasteiger partial charge in [-0.15, -0.1) is 0 Å². The van der Waals surface area contributed by atoms with Crippen LogP contribution in [0.1, 0.15) is 6.92 Å². The Balaban J connectivity index is 2.88. The van der Waals surface area contributed by atoms with Crippen LogP contribution in [0.4, 0.5) is 0 Å². The van der Waals surface area contributed by atoms with Crippen LogP contribution in [0, 0.1) is 0 Å². The Kier molecular flexibility index (Phi) is 1.22. The smallest absolute Gasteiger partial charge is 0.248 e. The summed E-state index contributed by atoms with van der Waals surface area (Å²) in [4.78, 5) is 26.4. The molecular weight excluding hydrogens is 120 g/mol. The highest BCUT2D eigenvalue weighted by molar-refractivity contribution is 6.64. The molecule has 1 N–H and O–H groups in total. The first kappa shape index (κ1) is 5.81. The van der Waals surface area contributed by atoms with Crippen molar-refractivity contribution in [1.82, 2.24) is 0 Å².